The molecule has 3 atom stereocenters. The standard InChI is InChI=1S/C24H28ClF2N5O/c1-14-10-23(31-30-14)29-22-7-6-19(26)20(28-22)12-16-8-9-32(15(2)11-16)13-21(33)17-4-3-5-18(25)24(17)27/h3-7,10,15-16,23,30-31H,8-9,11-13H2,1-2H3,(H,28,29)/t15-,16?,23?/m1/s1. The fourth-order valence-corrected chi connectivity index (χ4v) is 4.65. The third-order valence-electron chi connectivity index (χ3n) is 6.27. The summed E-state index contributed by atoms with van der Waals surface area (Å²) in [7, 11) is 0. The first-order valence-electron chi connectivity index (χ1n) is 11.1. The second kappa shape index (κ2) is 10.2. The van der Waals surface area contributed by atoms with E-state index in [1.54, 1.807) is 12.1 Å². The maximum atomic E-state index is 14.5. The number of rotatable bonds is 7. The van der Waals surface area contributed by atoms with Crippen molar-refractivity contribution in [3.63, 3.8) is 0 Å². The highest BCUT2D eigenvalue weighted by Gasteiger charge is 2.29. The number of aromatic nitrogens is 1. The minimum Gasteiger partial charge on any atom is -0.350 e. The Morgan fingerprint density at radius 2 is 2.12 bits per heavy atom. The van der Waals surface area contributed by atoms with Gasteiger partial charge in [0.2, 0.25) is 0 Å². The first-order valence-corrected chi connectivity index (χ1v) is 11.5. The number of hydrogen-bond donors (Lipinski definition) is 3. The molecule has 0 saturated carbocycles. The van der Waals surface area contributed by atoms with E-state index >= 15 is 0 Å². The van der Waals surface area contributed by atoms with Crippen LogP contribution in [0, 0.1) is 17.6 Å². The summed E-state index contributed by atoms with van der Waals surface area (Å²) in [5, 5.41) is 3.17. The summed E-state index contributed by atoms with van der Waals surface area (Å²) in [6.45, 7) is 4.81. The van der Waals surface area contributed by atoms with Gasteiger partial charge in [0, 0.05) is 11.7 Å². The molecule has 2 unspecified atom stereocenters. The van der Waals surface area contributed by atoms with E-state index in [2.05, 4.69) is 21.2 Å². The zero-order valence-corrected chi connectivity index (χ0v) is 19.4. The summed E-state index contributed by atoms with van der Waals surface area (Å²) in [5.41, 5.74) is 7.54. The summed E-state index contributed by atoms with van der Waals surface area (Å²) < 4.78 is 28.7. The number of halogens is 3. The van der Waals surface area contributed by atoms with Gasteiger partial charge < -0.3 is 10.7 Å². The zero-order valence-electron chi connectivity index (χ0n) is 18.7. The van der Waals surface area contributed by atoms with Crippen molar-refractivity contribution in [2.75, 3.05) is 18.4 Å². The van der Waals surface area contributed by atoms with E-state index < -0.39 is 5.82 Å². The topological polar surface area (TPSA) is 69.3 Å². The molecule has 2 aliphatic rings. The summed E-state index contributed by atoms with van der Waals surface area (Å²) in [5.74, 6) is -0.412. The van der Waals surface area contributed by atoms with Gasteiger partial charge in [0.15, 0.2) is 11.6 Å². The van der Waals surface area contributed by atoms with Gasteiger partial charge in [-0.15, -0.1) is 0 Å². The number of nitrogens with zero attached hydrogens (tertiary/aromatic N) is 2. The number of Topliss-reactive ketones (excluding diaryl/α,β-unsaturated/α-hetero) is 1. The number of anilines is 1. The smallest absolute Gasteiger partial charge is 0.179 e. The number of piperidine rings is 1. The molecule has 9 heteroatoms. The quantitative estimate of drug-likeness (QED) is 0.519. The molecule has 1 aromatic carbocycles. The fraction of sp³-hybridized carbons (Fsp3) is 0.417. The lowest BCUT2D eigenvalue weighted by Gasteiger charge is -2.37. The van der Waals surface area contributed by atoms with Crippen LogP contribution in [0.15, 0.2) is 42.1 Å². The van der Waals surface area contributed by atoms with Crippen LogP contribution in [0.4, 0.5) is 14.6 Å². The van der Waals surface area contributed by atoms with Crippen LogP contribution in [0.25, 0.3) is 0 Å². The average Bonchev–Trinajstić information content (AvgIpc) is 3.18. The number of nitrogens with one attached hydrogen (secondary N) is 3. The van der Waals surface area contributed by atoms with Crippen molar-refractivity contribution in [1.82, 2.24) is 20.7 Å². The number of pyridine rings is 1. The number of likely N-dealkylation sites (tertiary alicyclic amines) is 1. The van der Waals surface area contributed by atoms with Crippen molar-refractivity contribution in [2.45, 2.75) is 45.3 Å². The first kappa shape index (κ1) is 23.6. The number of hydrazine groups is 1. The molecular formula is C24H28ClF2N5O. The van der Waals surface area contributed by atoms with Crippen molar-refractivity contribution >= 4 is 23.2 Å². The lowest BCUT2D eigenvalue weighted by Crippen LogP contribution is -2.44. The van der Waals surface area contributed by atoms with Gasteiger partial charge in [-0.25, -0.2) is 19.2 Å². The lowest BCUT2D eigenvalue weighted by molar-refractivity contribution is 0.0799. The van der Waals surface area contributed by atoms with Gasteiger partial charge in [0.05, 0.1) is 22.8 Å². The third-order valence-corrected chi connectivity index (χ3v) is 6.56. The molecule has 0 radical (unpaired) electrons. The molecule has 3 heterocycles. The Morgan fingerprint density at radius 1 is 1.30 bits per heavy atom. The van der Waals surface area contributed by atoms with Crippen LogP contribution >= 0.6 is 11.6 Å². The van der Waals surface area contributed by atoms with E-state index in [1.165, 1.54) is 18.2 Å². The van der Waals surface area contributed by atoms with Crippen LogP contribution < -0.4 is 16.2 Å². The molecule has 0 bridgehead atoms. The Balaban J connectivity index is 1.35. The van der Waals surface area contributed by atoms with Gasteiger partial charge in [-0.3, -0.25) is 9.69 Å². The van der Waals surface area contributed by atoms with E-state index in [-0.39, 0.29) is 46.9 Å². The van der Waals surface area contributed by atoms with Gasteiger partial charge in [-0.2, -0.15) is 0 Å². The van der Waals surface area contributed by atoms with E-state index in [1.807, 2.05) is 24.8 Å². The molecule has 33 heavy (non-hydrogen) atoms. The van der Waals surface area contributed by atoms with Gasteiger partial charge in [-0.1, -0.05) is 17.7 Å². The normalized spacial score (nSPS) is 23.2. The van der Waals surface area contributed by atoms with E-state index in [4.69, 9.17) is 11.6 Å². The highest BCUT2D eigenvalue weighted by molar-refractivity contribution is 6.31. The molecule has 0 aliphatic carbocycles. The maximum Gasteiger partial charge on any atom is 0.179 e. The minimum atomic E-state index is -0.670. The molecule has 2 aliphatic heterocycles. The first-order chi connectivity index (χ1) is 15.8. The molecule has 2 aromatic rings. The summed E-state index contributed by atoms with van der Waals surface area (Å²) >= 11 is 5.81. The van der Waals surface area contributed by atoms with Gasteiger partial charge >= 0.3 is 0 Å². The molecule has 0 spiro atoms. The summed E-state index contributed by atoms with van der Waals surface area (Å²) in [6.07, 6.45) is 4.02. The average molecular weight is 476 g/mol. The molecule has 1 fully saturated rings. The predicted octanol–water partition coefficient (Wildman–Crippen LogP) is 4.29. The van der Waals surface area contributed by atoms with Gasteiger partial charge in [0.1, 0.15) is 17.8 Å². The van der Waals surface area contributed by atoms with E-state index in [0.29, 0.717) is 24.5 Å². The van der Waals surface area contributed by atoms with E-state index in [9.17, 15) is 13.6 Å². The van der Waals surface area contributed by atoms with Crippen molar-refractivity contribution in [3.8, 4) is 0 Å². The van der Waals surface area contributed by atoms with E-state index in [0.717, 1.165) is 18.5 Å². The Labute approximate surface area is 197 Å². The SMILES string of the molecule is CC1=CC(Nc2ccc(F)c(CC3CCN(CC(=O)c4cccc(Cl)c4F)[C@H](C)C3)n2)NN1. The Kier molecular flexibility index (Phi) is 7.26. The monoisotopic (exact) mass is 475 g/mol. The van der Waals surface area contributed by atoms with Gasteiger partial charge in [0.25, 0.3) is 0 Å². The predicted molar refractivity (Wildman–Crippen MR) is 125 cm³/mol. The number of benzene rings is 1. The fourth-order valence-electron chi connectivity index (χ4n) is 4.47. The third kappa shape index (κ3) is 5.69. The number of hydrogen-bond acceptors (Lipinski definition) is 6. The Morgan fingerprint density at radius 3 is 2.85 bits per heavy atom. The second-order valence-corrected chi connectivity index (χ2v) is 9.21. The minimum absolute atomic E-state index is 0.0180. The molecular weight excluding hydrogens is 448 g/mol. The lowest BCUT2D eigenvalue weighted by atomic mass is 9.87. The highest BCUT2D eigenvalue weighted by atomic mass is 35.5. The maximum absolute atomic E-state index is 14.5. The molecule has 6 nitrogen and oxygen atoms in total. The Bertz CT molecular complexity index is 1060. The molecule has 4 rings (SSSR count). The second-order valence-electron chi connectivity index (χ2n) is 8.80. The van der Waals surface area contributed by atoms with Crippen LogP contribution in [-0.4, -0.2) is 41.0 Å². The van der Waals surface area contributed by atoms with Crippen LogP contribution in [0.2, 0.25) is 5.02 Å². The molecule has 176 valence electrons. The highest BCUT2D eigenvalue weighted by Crippen LogP contribution is 2.28. The molecule has 1 aromatic heterocycles. The van der Waals surface area contributed by atoms with Crippen molar-refractivity contribution in [2.24, 2.45) is 5.92 Å². The van der Waals surface area contributed by atoms with Crippen LogP contribution in [0.5, 0.6) is 0 Å². The van der Waals surface area contributed by atoms with Crippen LogP contribution in [0.3, 0.4) is 0 Å². The molecule has 1 saturated heterocycles. The van der Waals surface area contributed by atoms with Crippen molar-refractivity contribution in [3.05, 3.63) is 70.0 Å². The number of carbonyl (C=O) groups is 1. The number of carbonyl (C=O) groups excluding carboxylic acids is 1. The zero-order chi connectivity index (χ0) is 23.5. The summed E-state index contributed by atoms with van der Waals surface area (Å²) in [4.78, 5) is 19.2. The number of ketones is 1. The largest absolute Gasteiger partial charge is 0.350 e. The van der Waals surface area contributed by atoms with Crippen LogP contribution in [-0.2, 0) is 6.42 Å². The van der Waals surface area contributed by atoms with Gasteiger partial charge in [-0.05, 0) is 75.9 Å². The molecule has 0 amide bonds. The Hall–Kier alpha value is -2.55. The molecule has 3 N–H and O–H groups in total. The van der Waals surface area contributed by atoms with Crippen LogP contribution in [0.1, 0.15) is 42.7 Å². The summed E-state index contributed by atoms with van der Waals surface area (Å²) in [6, 6.07) is 7.66. The van der Waals surface area contributed by atoms with Crippen molar-refractivity contribution in [1.29, 1.82) is 0 Å². The van der Waals surface area contributed by atoms with Crippen molar-refractivity contribution < 1.29 is 13.6 Å². The number of allylic oxidation sites excluding steroid dienone is 1.